The molecule has 1 radical (unpaired) electrons. The summed E-state index contributed by atoms with van der Waals surface area (Å²) in [4.78, 5) is 9.21. The van der Waals surface area contributed by atoms with Crippen molar-refractivity contribution in [3.8, 4) is 44.8 Å². The molecule has 5 heteroatoms. The molecule has 0 saturated carbocycles. The van der Waals surface area contributed by atoms with Crippen molar-refractivity contribution >= 4 is 44.8 Å². The van der Waals surface area contributed by atoms with Crippen molar-refractivity contribution < 1.29 is 20.1 Å². The summed E-state index contributed by atoms with van der Waals surface area (Å²) in [7, 11) is -1.23. The Morgan fingerprint density at radius 3 is 1.92 bits per heavy atom. The third kappa shape index (κ3) is 7.30. The van der Waals surface area contributed by atoms with Gasteiger partial charge in [-0.3, -0.25) is 0 Å². The van der Waals surface area contributed by atoms with Gasteiger partial charge in [-0.2, -0.15) is 11.3 Å². The van der Waals surface area contributed by atoms with E-state index in [2.05, 4.69) is 140 Å². The second kappa shape index (κ2) is 14.7. The fraction of sp³-hybridized carbons (Fsp3) is 0.0698. The molecular weight excluding hydrogens is 797 g/mol. The molecule has 0 aliphatic heterocycles. The van der Waals surface area contributed by atoms with Crippen molar-refractivity contribution in [3.63, 3.8) is 0 Å². The van der Waals surface area contributed by atoms with E-state index in [-0.39, 0.29) is 20.1 Å². The maximum absolute atomic E-state index is 4.70. The second-order valence-electron chi connectivity index (χ2n) is 12.5. The third-order valence-electron chi connectivity index (χ3n) is 8.28. The molecule has 0 atom stereocenters. The van der Waals surface area contributed by atoms with Crippen LogP contribution in [0.3, 0.4) is 0 Å². The Hall–Kier alpha value is -4.51. The standard InChI is InChI=1S/C29H18NS.C14H16NSi.Ir/c1-3-8-20(9-4-1)22-14-15-28-26(18-22)24-12-7-13-25(29(24)31-28)27-19-23(16-17-30-27)21-10-5-2-6-11-21;1-16(2,3)13-9-10-14(15-11-13)12-7-5-4-6-8-12;/h1-12,14-19H;4-7,9-11H,1-3H3;/q2*-1;. The molecular formula is C43H34IrN2SSi-2. The molecule has 0 aliphatic carbocycles. The van der Waals surface area contributed by atoms with Gasteiger partial charge in [0.2, 0.25) is 0 Å². The molecule has 5 aromatic carbocycles. The Labute approximate surface area is 301 Å². The van der Waals surface area contributed by atoms with Crippen LogP contribution in [0.1, 0.15) is 0 Å². The summed E-state index contributed by atoms with van der Waals surface area (Å²) >= 11 is 1.82. The fourth-order valence-corrected chi connectivity index (χ4v) is 7.89. The molecule has 0 aliphatic rings. The van der Waals surface area contributed by atoms with Crippen LogP contribution >= 0.6 is 11.3 Å². The molecule has 0 amide bonds. The van der Waals surface area contributed by atoms with Crippen LogP contribution in [-0.4, -0.2) is 18.0 Å². The van der Waals surface area contributed by atoms with Crippen LogP contribution in [0.2, 0.25) is 19.6 Å². The molecule has 2 nitrogen and oxygen atoms in total. The first-order chi connectivity index (χ1) is 22.9. The van der Waals surface area contributed by atoms with E-state index >= 15 is 0 Å². The fourth-order valence-electron chi connectivity index (χ4n) is 5.67. The molecule has 0 N–H and O–H groups in total. The van der Waals surface area contributed by atoms with Crippen molar-refractivity contribution in [1.29, 1.82) is 0 Å². The number of nitrogens with zero attached hydrogens (tertiary/aromatic N) is 2. The Morgan fingerprint density at radius 2 is 1.27 bits per heavy atom. The maximum Gasteiger partial charge on any atom is 0.0795 e. The van der Waals surface area contributed by atoms with Crippen LogP contribution in [0.15, 0.2) is 152 Å². The van der Waals surface area contributed by atoms with E-state index in [1.807, 2.05) is 60.1 Å². The number of pyridine rings is 2. The van der Waals surface area contributed by atoms with Crippen molar-refractivity contribution in [3.05, 3.63) is 164 Å². The van der Waals surface area contributed by atoms with Crippen molar-refractivity contribution in [2.24, 2.45) is 0 Å². The topological polar surface area (TPSA) is 25.8 Å². The van der Waals surface area contributed by atoms with E-state index in [1.54, 1.807) is 0 Å². The summed E-state index contributed by atoms with van der Waals surface area (Å²) in [6.07, 6.45) is 3.91. The normalized spacial score (nSPS) is 11.1. The van der Waals surface area contributed by atoms with Gasteiger partial charge in [0.05, 0.1) is 8.07 Å². The first-order valence-corrected chi connectivity index (χ1v) is 20.1. The minimum absolute atomic E-state index is 0. The van der Waals surface area contributed by atoms with Crippen LogP contribution in [0.5, 0.6) is 0 Å². The number of hydrogen-bond acceptors (Lipinski definition) is 3. The number of fused-ring (bicyclic) bond motifs is 3. The summed E-state index contributed by atoms with van der Waals surface area (Å²) in [5.74, 6) is 0. The molecule has 8 aromatic rings. The number of hydrogen-bond donors (Lipinski definition) is 0. The van der Waals surface area contributed by atoms with Crippen LogP contribution in [0.25, 0.3) is 64.9 Å². The van der Waals surface area contributed by atoms with E-state index in [0.29, 0.717) is 0 Å². The summed E-state index contributed by atoms with van der Waals surface area (Å²) in [5, 5.41) is 3.95. The van der Waals surface area contributed by atoms with Gasteiger partial charge in [-0.25, -0.2) is 0 Å². The Kier molecular flexibility index (Phi) is 10.2. The van der Waals surface area contributed by atoms with Crippen molar-refractivity contribution in [1.82, 2.24) is 9.97 Å². The van der Waals surface area contributed by atoms with Crippen molar-refractivity contribution in [2.75, 3.05) is 0 Å². The molecule has 8 rings (SSSR count). The van der Waals surface area contributed by atoms with E-state index in [1.165, 1.54) is 47.6 Å². The number of aromatic nitrogens is 2. The minimum atomic E-state index is -1.23. The Bertz CT molecular complexity index is 2260. The largest absolute Gasteiger partial charge is 0.305 e. The molecule has 3 heterocycles. The van der Waals surface area contributed by atoms with Gasteiger partial charge in [0.1, 0.15) is 0 Å². The Balaban J connectivity index is 0.000000201. The molecule has 48 heavy (non-hydrogen) atoms. The quantitative estimate of drug-likeness (QED) is 0.128. The van der Waals surface area contributed by atoms with Crippen molar-refractivity contribution in [2.45, 2.75) is 19.6 Å². The van der Waals surface area contributed by atoms with Gasteiger partial charge < -0.3 is 9.97 Å². The average Bonchev–Trinajstić information content (AvgIpc) is 3.51. The van der Waals surface area contributed by atoms with Gasteiger partial charge in [-0.15, -0.1) is 59.7 Å². The zero-order valence-electron chi connectivity index (χ0n) is 27.1. The average molecular weight is 831 g/mol. The van der Waals surface area contributed by atoms with Gasteiger partial charge in [0.15, 0.2) is 0 Å². The van der Waals surface area contributed by atoms with Gasteiger partial charge in [-0.05, 0) is 67.1 Å². The second-order valence-corrected chi connectivity index (χ2v) is 18.7. The summed E-state index contributed by atoms with van der Waals surface area (Å²) in [6, 6.07) is 55.1. The zero-order valence-corrected chi connectivity index (χ0v) is 31.3. The van der Waals surface area contributed by atoms with Gasteiger partial charge in [-0.1, -0.05) is 110 Å². The van der Waals surface area contributed by atoms with Crippen LogP contribution in [0.4, 0.5) is 0 Å². The van der Waals surface area contributed by atoms with Gasteiger partial charge in [0, 0.05) is 37.2 Å². The number of rotatable bonds is 5. The molecule has 0 spiro atoms. The zero-order chi connectivity index (χ0) is 32.2. The smallest absolute Gasteiger partial charge is 0.0795 e. The first kappa shape index (κ1) is 33.4. The van der Waals surface area contributed by atoms with Gasteiger partial charge >= 0.3 is 0 Å². The molecule has 3 aromatic heterocycles. The molecule has 0 fully saturated rings. The predicted octanol–water partition coefficient (Wildman–Crippen LogP) is 11.3. The van der Waals surface area contributed by atoms with E-state index < -0.39 is 8.07 Å². The summed E-state index contributed by atoms with van der Waals surface area (Å²) in [5.41, 5.74) is 8.94. The molecule has 0 bridgehead atoms. The van der Waals surface area contributed by atoms with E-state index in [0.717, 1.165) is 22.5 Å². The maximum atomic E-state index is 4.70. The first-order valence-electron chi connectivity index (χ1n) is 15.8. The minimum Gasteiger partial charge on any atom is -0.305 e. The summed E-state index contributed by atoms with van der Waals surface area (Å²) in [6.45, 7) is 7.00. The number of benzene rings is 5. The SMILES string of the molecule is C[Si](C)(C)c1ccc(-c2[c-]cccc2)nc1.[Ir].[c-]1ccc2c(sc3ccc(-c4ccccc4)cc32)c1-c1cc(-c2ccccc2)ccn1. The van der Waals surface area contributed by atoms with E-state index in [9.17, 15) is 0 Å². The molecule has 0 saturated heterocycles. The summed E-state index contributed by atoms with van der Waals surface area (Å²) < 4.78 is 2.52. The van der Waals surface area contributed by atoms with Crippen LogP contribution in [0, 0.1) is 12.1 Å². The Morgan fingerprint density at radius 1 is 0.562 bits per heavy atom. The molecule has 237 valence electrons. The monoisotopic (exact) mass is 831 g/mol. The molecule has 0 unspecified atom stereocenters. The third-order valence-corrected chi connectivity index (χ3v) is 11.5. The number of thiophene rings is 1. The van der Waals surface area contributed by atoms with E-state index in [4.69, 9.17) is 4.98 Å². The predicted molar refractivity (Wildman–Crippen MR) is 204 cm³/mol. The van der Waals surface area contributed by atoms with Crippen LogP contribution in [-0.2, 0) is 20.1 Å². The van der Waals surface area contributed by atoms with Gasteiger partial charge in [0.25, 0.3) is 0 Å². The van der Waals surface area contributed by atoms with Crippen LogP contribution < -0.4 is 5.19 Å².